The Morgan fingerprint density at radius 3 is 2.68 bits per heavy atom. The Morgan fingerprint density at radius 1 is 1.20 bits per heavy atom. The number of likely N-dealkylation sites (tertiary alicyclic amines) is 1. The van der Waals surface area contributed by atoms with Crippen molar-refractivity contribution < 1.29 is 13.6 Å². The van der Waals surface area contributed by atoms with Crippen LogP contribution in [0.2, 0.25) is 0 Å². The van der Waals surface area contributed by atoms with E-state index >= 15 is 0 Å². The second-order valence-electron chi connectivity index (χ2n) is 6.36. The van der Waals surface area contributed by atoms with Gasteiger partial charge in [-0.1, -0.05) is 12.1 Å². The van der Waals surface area contributed by atoms with E-state index < -0.39 is 11.6 Å². The Balaban J connectivity index is 1.44. The molecule has 25 heavy (non-hydrogen) atoms. The van der Waals surface area contributed by atoms with Crippen LogP contribution in [0.5, 0.6) is 0 Å². The van der Waals surface area contributed by atoms with Gasteiger partial charge in [0, 0.05) is 18.9 Å². The summed E-state index contributed by atoms with van der Waals surface area (Å²) in [6.07, 6.45) is 5.10. The van der Waals surface area contributed by atoms with Gasteiger partial charge in [0.1, 0.15) is 0 Å². The molecule has 1 aromatic heterocycles. The van der Waals surface area contributed by atoms with Crippen LogP contribution in [0.3, 0.4) is 0 Å². The molecule has 1 aromatic carbocycles. The topological polar surface area (TPSA) is 45.2 Å². The van der Waals surface area contributed by atoms with E-state index in [2.05, 4.69) is 15.2 Å². The molecule has 1 N–H and O–H groups in total. The maximum atomic E-state index is 13.4. The van der Waals surface area contributed by atoms with Gasteiger partial charge in [0.25, 0.3) is 0 Å². The highest BCUT2D eigenvalue weighted by Gasteiger charge is 2.22. The zero-order valence-corrected chi connectivity index (χ0v) is 13.9. The molecule has 2 heterocycles. The fourth-order valence-corrected chi connectivity index (χ4v) is 3.15. The molecular weight excluding hydrogens is 324 g/mol. The molecule has 0 saturated carbocycles. The van der Waals surface area contributed by atoms with Crippen LogP contribution in [-0.4, -0.2) is 35.4 Å². The summed E-state index contributed by atoms with van der Waals surface area (Å²) in [5.74, 6) is -1.42. The number of aromatic nitrogens is 1. The first-order chi connectivity index (χ1) is 12.1. The lowest BCUT2D eigenvalue weighted by Gasteiger charge is -2.31. The molecule has 4 nitrogen and oxygen atoms in total. The van der Waals surface area contributed by atoms with Gasteiger partial charge in [-0.2, -0.15) is 0 Å². The highest BCUT2D eigenvalue weighted by Crippen LogP contribution is 2.28. The standard InChI is InChI=1S/C19H21F2N3O/c20-17-4-3-16(10-18(17)21)15-5-8-24(9-6-15)13-19(25)23-12-14-2-1-7-22-11-14/h1-4,7,10-11,15H,5-6,8-9,12-13H2,(H,23,25). The Hall–Kier alpha value is -2.34. The zero-order valence-electron chi connectivity index (χ0n) is 13.9. The molecule has 1 amide bonds. The SMILES string of the molecule is O=C(CN1CCC(c2ccc(F)c(F)c2)CC1)NCc1cccnc1. The molecule has 3 rings (SSSR count). The van der Waals surface area contributed by atoms with E-state index in [0.717, 1.165) is 37.1 Å². The van der Waals surface area contributed by atoms with Crippen molar-refractivity contribution in [3.63, 3.8) is 0 Å². The number of pyridine rings is 1. The molecule has 0 aliphatic carbocycles. The van der Waals surface area contributed by atoms with Crippen LogP contribution in [0, 0.1) is 11.6 Å². The number of piperidine rings is 1. The van der Waals surface area contributed by atoms with E-state index in [1.54, 1.807) is 18.5 Å². The van der Waals surface area contributed by atoms with Crippen molar-refractivity contribution in [1.82, 2.24) is 15.2 Å². The number of benzene rings is 1. The number of halogens is 2. The summed E-state index contributed by atoms with van der Waals surface area (Å²) in [7, 11) is 0. The average molecular weight is 345 g/mol. The van der Waals surface area contributed by atoms with Gasteiger partial charge in [0.2, 0.25) is 5.91 Å². The van der Waals surface area contributed by atoms with E-state index in [-0.39, 0.29) is 11.8 Å². The monoisotopic (exact) mass is 345 g/mol. The number of amides is 1. The van der Waals surface area contributed by atoms with Gasteiger partial charge in [0.05, 0.1) is 6.54 Å². The van der Waals surface area contributed by atoms with Gasteiger partial charge < -0.3 is 5.32 Å². The highest BCUT2D eigenvalue weighted by molar-refractivity contribution is 5.78. The van der Waals surface area contributed by atoms with Gasteiger partial charge in [-0.15, -0.1) is 0 Å². The molecule has 0 spiro atoms. The number of carbonyl (C=O) groups excluding carboxylic acids is 1. The Bertz CT molecular complexity index is 716. The summed E-state index contributed by atoms with van der Waals surface area (Å²) in [5.41, 5.74) is 1.80. The minimum absolute atomic E-state index is 0.0184. The van der Waals surface area contributed by atoms with Crippen molar-refractivity contribution in [2.75, 3.05) is 19.6 Å². The highest BCUT2D eigenvalue weighted by atomic mass is 19.2. The van der Waals surface area contributed by atoms with Gasteiger partial charge >= 0.3 is 0 Å². The summed E-state index contributed by atoms with van der Waals surface area (Å²) in [6.45, 7) is 2.36. The van der Waals surface area contributed by atoms with Crippen LogP contribution in [0.4, 0.5) is 8.78 Å². The average Bonchev–Trinajstić information content (AvgIpc) is 2.64. The number of rotatable bonds is 5. The van der Waals surface area contributed by atoms with Gasteiger partial charge in [0.15, 0.2) is 11.6 Å². The van der Waals surface area contributed by atoms with Crippen LogP contribution >= 0.6 is 0 Å². The normalized spacial score (nSPS) is 15.9. The maximum Gasteiger partial charge on any atom is 0.234 e. The molecule has 6 heteroatoms. The molecule has 1 saturated heterocycles. The lowest BCUT2D eigenvalue weighted by Crippen LogP contribution is -2.41. The summed E-state index contributed by atoms with van der Waals surface area (Å²) >= 11 is 0. The molecule has 1 fully saturated rings. The number of carbonyl (C=O) groups is 1. The number of nitrogens with one attached hydrogen (secondary N) is 1. The Labute approximate surface area is 145 Å². The lowest BCUT2D eigenvalue weighted by molar-refractivity contribution is -0.122. The van der Waals surface area contributed by atoms with Crippen molar-refractivity contribution in [3.05, 3.63) is 65.5 Å². The first kappa shape index (κ1) is 17.5. The number of hydrogen-bond acceptors (Lipinski definition) is 3. The predicted molar refractivity (Wildman–Crippen MR) is 90.9 cm³/mol. The van der Waals surface area contributed by atoms with E-state index in [1.807, 2.05) is 12.1 Å². The summed E-state index contributed by atoms with van der Waals surface area (Å²) in [6, 6.07) is 7.88. The smallest absolute Gasteiger partial charge is 0.234 e. The molecule has 0 unspecified atom stereocenters. The van der Waals surface area contributed by atoms with E-state index in [9.17, 15) is 13.6 Å². The van der Waals surface area contributed by atoms with Crippen LogP contribution < -0.4 is 5.32 Å². The van der Waals surface area contributed by atoms with Gasteiger partial charge in [-0.05, 0) is 61.2 Å². The molecule has 0 bridgehead atoms. The third-order valence-corrected chi connectivity index (χ3v) is 4.58. The Kier molecular flexibility index (Phi) is 5.71. The van der Waals surface area contributed by atoms with Crippen LogP contribution in [0.25, 0.3) is 0 Å². The molecule has 0 atom stereocenters. The fraction of sp³-hybridized carbons (Fsp3) is 0.368. The van der Waals surface area contributed by atoms with Gasteiger partial charge in [-0.3, -0.25) is 14.7 Å². The molecule has 132 valence electrons. The quantitative estimate of drug-likeness (QED) is 0.906. The third kappa shape index (κ3) is 4.82. The summed E-state index contributed by atoms with van der Waals surface area (Å²) in [5, 5.41) is 2.89. The van der Waals surface area contributed by atoms with Crippen LogP contribution in [-0.2, 0) is 11.3 Å². The third-order valence-electron chi connectivity index (χ3n) is 4.58. The second kappa shape index (κ2) is 8.16. The first-order valence-electron chi connectivity index (χ1n) is 8.45. The van der Waals surface area contributed by atoms with E-state index in [0.29, 0.717) is 13.1 Å². The molecule has 1 aliphatic rings. The summed E-state index contributed by atoms with van der Waals surface area (Å²) in [4.78, 5) is 18.2. The Morgan fingerprint density at radius 2 is 2.00 bits per heavy atom. The minimum Gasteiger partial charge on any atom is -0.351 e. The zero-order chi connectivity index (χ0) is 17.6. The summed E-state index contributed by atoms with van der Waals surface area (Å²) < 4.78 is 26.4. The first-order valence-corrected chi connectivity index (χ1v) is 8.45. The van der Waals surface area contributed by atoms with Crippen molar-refractivity contribution in [2.24, 2.45) is 0 Å². The number of nitrogens with zero attached hydrogens (tertiary/aromatic N) is 2. The van der Waals surface area contributed by atoms with Crippen LogP contribution in [0.15, 0.2) is 42.7 Å². The van der Waals surface area contributed by atoms with Gasteiger partial charge in [-0.25, -0.2) is 8.78 Å². The molecule has 1 aliphatic heterocycles. The lowest BCUT2D eigenvalue weighted by atomic mass is 9.89. The molecule has 0 radical (unpaired) electrons. The molecule has 2 aromatic rings. The molecular formula is C19H21F2N3O. The van der Waals surface area contributed by atoms with Crippen molar-refractivity contribution in [2.45, 2.75) is 25.3 Å². The van der Waals surface area contributed by atoms with Crippen molar-refractivity contribution >= 4 is 5.91 Å². The predicted octanol–water partition coefficient (Wildman–Crippen LogP) is 2.86. The second-order valence-corrected chi connectivity index (χ2v) is 6.36. The number of hydrogen-bond donors (Lipinski definition) is 1. The minimum atomic E-state index is -0.813. The fourth-order valence-electron chi connectivity index (χ4n) is 3.15. The van der Waals surface area contributed by atoms with Crippen LogP contribution in [0.1, 0.15) is 29.9 Å². The van der Waals surface area contributed by atoms with E-state index in [1.165, 1.54) is 12.1 Å². The van der Waals surface area contributed by atoms with Crippen molar-refractivity contribution in [3.8, 4) is 0 Å². The van der Waals surface area contributed by atoms with E-state index in [4.69, 9.17) is 0 Å². The largest absolute Gasteiger partial charge is 0.351 e. The maximum absolute atomic E-state index is 13.4. The van der Waals surface area contributed by atoms with Crippen molar-refractivity contribution in [1.29, 1.82) is 0 Å².